The number of hydrogen-bond donors (Lipinski definition) is 1. The maximum atomic E-state index is 11.1. The predicted octanol–water partition coefficient (Wildman–Crippen LogP) is 2.41. The number of phosphoric ester groups is 1. The molecule has 0 rings (SSSR count). The lowest BCUT2D eigenvalue weighted by Crippen LogP contribution is -2.02. The van der Waals surface area contributed by atoms with Crippen LogP contribution in [0, 0.1) is 0 Å². The Labute approximate surface area is 89.7 Å². The third-order valence-corrected chi connectivity index (χ3v) is 2.54. The van der Waals surface area contributed by atoms with E-state index in [0.29, 0.717) is 6.42 Å². The normalized spacial score (nSPS) is 14.3. The van der Waals surface area contributed by atoms with Crippen molar-refractivity contribution in [2.75, 3.05) is 6.61 Å². The highest BCUT2D eigenvalue weighted by Gasteiger charge is 2.24. The van der Waals surface area contributed by atoms with Crippen molar-refractivity contribution in [2.24, 2.45) is 0 Å². The van der Waals surface area contributed by atoms with Gasteiger partial charge in [-0.1, -0.05) is 32.8 Å². The van der Waals surface area contributed by atoms with E-state index in [-0.39, 0.29) is 6.61 Å². The molecule has 6 heteroatoms. The van der Waals surface area contributed by atoms with Crippen molar-refractivity contribution in [3.63, 3.8) is 0 Å². The van der Waals surface area contributed by atoms with Gasteiger partial charge in [0, 0.05) is 6.08 Å². The summed E-state index contributed by atoms with van der Waals surface area (Å²) >= 11 is 0. The van der Waals surface area contributed by atoms with Crippen LogP contribution in [0.4, 0.5) is 0 Å². The summed E-state index contributed by atoms with van der Waals surface area (Å²) < 4.78 is 19.8. The number of unbranched alkanes of at least 4 members (excludes halogenated alkanes) is 3. The zero-order chi connectivity index (χ0) is 11.7. The number of carbonyl (C=O) groups is 1. The summed E-state index contributed by atoms with van der Waals surface area (Å²) in [4.78, 5) is 19.6. The molecular formula is C9H17O5P. The van der Waals surface area contributed by atoms with Gasteiger partial charge in [-0.3, -0.25) is 9.42 Å². The van der Waals surface area contributed by atoms with E-state index in [1.54, 1.807) is 0 Å². The minimum Gasteiger partial charge on any atom is -0.367 e. The monoisotopic (exact) mass is 236 g/mol. The highest BCUT2D eigenvalue weighted by Crippen LogP contribution is 2.43. The van der Waals surface area contributed by atoms with E-state index in [1.165, 1.54) is 0 Å². The SMILES string of the molecule is C=CC(=O)OP(=O)(O)OCCCCCC. The van der Waals surface area contributed by atoms with Gasteiger partial charge < -0.3 is 4.52 Å². The van der Waals surface area contributed by atoms with Crippen LogP contribution in [0.15, 0.2) is 12.7 Å². The molecule has 5 nitrogen and oxygen atoms in total. The van der Waals surface area contributed by atoms with Gasteiger partial charge in [0.2, 0.25) is 0 Å². The fourth-order valence-corrected chi connectivity index (χ4v) is 1.60. The lowest BCUT2D eigenvalue weighted by molar-refractivity contribution is -0.130. The number of rotatable bonds is 8. The zero-order valence-electron chi connectivity index (χ0n) is 8.85. The molecule has 0 saturated carbocycles. The number of carbonyl (C=O) groups excluding carboxylic acids is 1. The van der Waals surface area contributed by atoms with Crippen LogP contribution in [0.3, 0.4) is 0 Å². The molecule has 0 fully saturated rings. The number of hydrogen-bond acceptors (Lipinski definition) is 4. The molecule has 0 aromatic rings. The molecule has 15 heavy (non-hydrogen) atoms. The van der Waals surface area contributed by atoms with Gasteiger partial charge in [-0.2, -0.15) is 0 Å². The molecular weight excluding hydrogens is 219 g/mol. The maximum Gasteiger partial charge on any atom is 0.529 e. The quantitative estimate of drug-likeness (QED) is 0.398. The number of phosphoric acid groups is 1. The molecule has 0 aliphatic carbocycles. The van der Waals surface area contributed by atoms with E-state index in [4.69, 9.17) is 4.89 Å². The Kier molecular flexibility index (Phi) is 7.30. The first-order chi connectivity index (χ1) is 7.02. The van der Waals surface area contributed by atoms with E-state index < -0.39 is 13.8 Å². The largest absolute Gasteiger partial charge is 0.529 e. The van der Waals surface area contributed by atoms with Crippen LogP contribution in [0.25, 0.3) is 0 Å². The predicted molar refractivity (Wildman–Crippen MR) is 56.2 cm³/mol. The minimum atomic E-state index is -4.23. The van der Waals surface area contributed by atoms with E-state index in [1.807, 2.05) is 0 Å². The van der Waals surface area contributed by atoms with Crippen LogP contribution in [0.2, 0.25) is 0 Å². The van der Waals surface area contributed by atoms with Crippen LogP contribution in [0.1, 0.15) is 32.6 Å². The van der Waals surface area contributed by atoms with E-state index in [0.717, 1.165) is 25.3 Å². The van der Waals surface area contributed by atoms with E-state index >= 15 is 0 Å². The summed E-state index contributed by atoms with van der Waals surface area (Å²) in [5.74, 6) is -0.964. The Hall–Kier alpha value is -0.640. The van der Waals surface area contributed by atoms with Gasteiger partial charge in [0.1, 0.15) is 0 Å². The highest BCUT2D eigenvalue weighted by atomic mass is 31.2. The van der Waals surface area contributed by atoms with Gasteiger partial charge in [0.05, 0.1) is 6.61 Å². The fourth-order valence-electron chi connectivity index (χ4n) is 0.886. The van der Waals surface area contributed by atoms with E-state index in [2.05, 4.69) is 22.6 Å². The average molecular weight is 236 g/mol. The van der Waals surface area contributed by atoms with Crippen LogP contribution in [-0.2, 0) is 18.4 Å². The van der Waals surface area contributed by atoms with Crippen molar-refractivity contribution in [2.45, 2.75) is 32.6 Å². The second kappa shape index (κ2) is 7.63. The van der Waals surface area contributed by atoms with Crippen LogP contribution >= 0.6 is 7.82 Å². The molecule has 0 spiro atoms. The van der Waals surface area contributed by atoms with Crippen LogP contribution in [0.5, 0.6) is 0 Å². The summed E-state index contributed by atoms with van der Waals surface area (Å²) in [6.45, 7) is 5.27. The molecule has 1 unspecified atom stereocenters. The first kappa shape index (κ1) is 14.4. The maximum absolute atomic E-state index is 11.1. The van der Waals surface area contributed by atoms with Crippen molar-refractivity contribution in [3.8, 4) is 0 Å². The molecule has 0 aromatic carbocycles. The molecule has 0 amide bonds. The van der Waals surface area contributed by atoms with Crippen molar-refractivity contribution in [1.29, 1.82) is 0 Å². The standard InChI is InChI=1S/C9H17O5P/c1-3-5-6-7-8-13-15(11,12)14-9(10)4-2/h4H,2-3,5-8H2,1H3,(H,11,12). The molecule has 0 aliphatic rings. The highest BCUT2D eigenvalue weighted by molar-refractivity contribution is 7.48. The first-order valence-corrected chi connectivity index (χ1v) is 6.34. The minimum absolute atomic E-state index is 0.109. The molecule has 88 valence electrons. The topological polar surface area (TPSA) is 72.8 Å². The zero-order valence-corrected chi connectivity index (χ0v) is 9.74. The van der Waals surface area contributed by atoms with Gasteiger partial charge >= 0.3 is 13.8 Å². The Morgan fingerprint density at radius 3 is 2.67 bits per heavy atom. The molecule has 1 atom stereocenters. The van der Waals surface area contributed by atoms with Crippen molar-refractivity contribution < 1.29 is 23.3 Å². The van der Waals surface area contributed by atoms with Crippen LogP contribution < -0.4 is 0 Å². The molecule has 0 bridgehead atoms. The summed E-state index contributed by atoms with van der Waals surface area (Å²) in [6.07, 6.45) is 4.52. The van der Waals surface area contributed by atoms with Gasteiger partial charge in [-0.15, -0.1) is 0 Å². The molecule has 0 heterocycles. The summed E-state index contributed by atoms with van der Waals surface area (Å²) in [7, 11) is -4.23. The van der Waals surface area contributed by atoms with Gasteiger partial charge in [0.15, 0.2) is 0 Å². The Balaban J connectivity index is 3.69. The molecule has 0 radical (unpaired) electrons. The first-order valence-electron chi connectivity index (χ1n) is 4.85. The lowest BCUT2D eigenvalue weighted by atomic mass is 10.2. The third-order valence-electron chi connectivity index (χ3n) is 1.62. The van der Waals surface area contributed by atoms with Crippen LogP contribution in [-0.4, -0.2) is 17.5 Å². The molecule has 1 N–H and O–H groups in total. The second-order valence-electron chi connectivity index (χ2n) is 2.98. The summed E-state index contributed by atoms with van der Waals surface area (Å²) in [5, 5.41) is 0. The lowest BCUT2D eigenvalue weighted by Gasteiger charge is -2.09. The third kappa shape index (κ3) is 8.36. The molecule has 0 aliphatic heterocycles. The Morgan fingerprint density at radius 1 is 1.47 bits per heavy atom. The summed E-state index contributed by atoms with van der Waals surface area (Å²) in [5.41, 5.74) is 0. The average Bonchev–Trinajstić information content (AvgIpc) is 2.16. The van der Waals surface area contributed by atoms with Gasteiger partial charge in [-0.25, -0.2) is 9.36 Å². The Morgan fingerprint density at radius 2 is 2.13 bits per heavy atom. The van der Waals surface area contributed by atoms with E-state index in [9.17, 15) is 9.36 Å². The second-order valence-corrected chi connectivity index (χ2v) is 4.35. The smallest absolute Gasteiger partial charge is 0.367 e. The molecule has 0 aromatic heterocycles. The Bertz CT molecular complexity index is 251. The van der Waals surface area contributed by atoms with Crippen molar-refractivity contribution >= 4 is 13.8 Å². The molecule has 0 saturated heterocycles. The summed E-state index contributed by atoms with van der Waals surface area (Å²) in [6, 6.07) is 0. The van der Waals surface area contributed by atoms with Gasteiger partial charge in [0.25, 0.3) is 0 Å². The van der Waals surface area contributed by atoms with Crippen molar-refractivity contribution in [1.82, 2.24) is 0 Å². The van der Waals surface area contributed by atoms with Crippen molar-refractivity contribution in [3.05, 3.63) is 12.7 Å². The van der Waals surface area contributed by atoms with Gasteiger partial charge in [-0.05, 0) is 6.42 Å². The fraction of sp³-hybridized carbons (Fsp3) is 0.667.